The van der Waals surface area contributed by atoms with E-state index in [4.69, 9.17) is 9.84 Å². The van der Waals surface area contributed by atoms with Gasteiger partial charge in [0.1, 0.15) is 18.2 Å². The molecular weight excluding hydrogens is 260 g/mol. The summed E-state index contributed by atoms with van der Waals surface area (Å²) >= 11 is 0. The highest BCUT2D eigenvalue weighted by molar-refractivity contribution is 5.94. The number of aromatic carboxylic acids is 1. The van der Waals surface area contributed by atoms with Gasteiger partial charge in [-0.2, -0.15) is 0 Å². The van der Waals surface area contributed by atoms with E-state index in [0.29, 0.717) is 6.07 Å². The molecule has 1 amide bonds. The fourth-order valence-electron chi connectivity index (χ4n) is 1.24. The molecule has 0 saturated heterocycles. The van der Waals surface area contributed by atoms with Crippen molar-refractivity contribution in [3.63, 3.8) is 0 Å². The van der Waals surface area contributed by atoms with Gasteiger partial charge in [0.15, 0.2) is 0 Å². The SMILES string of the molecule is CC(C)OCC(=O)Nc1cc(C(=O)O)c(F)cc1F. The Balaban J connectivity index is 2.86. The first kappa shape index (κ1) is 15.0. The van der Waals surface area contributed by atoms with Crippen LogP contribution in [0.4, 0.5) is 14.5 Å². The van der Waals surface area contributed by atoms with Crippen molar-refractivity contribution in [1.82, 2.24) is 0 Å². The maximum Gasteiger partial charge on any atom is 0.338 e. The minimum Gasteiger partial charge on any atom is -0.478 e. The Morgan fingerprint density at radius 3 is 2.47 bits per heavy atom. The molecule has 104 valence electrons. The van der Waals surface area contributed by atoms with E-state index in [1.165, 1.54) is 0 Å². The molecule has 0 radical (unpaired) electrons. The largest absolute Gasteiger partial charge is 0.478 e. The first-order valence-electron chi connectivity index (χ1n) is 5.45. The molecule has 0 heterocycles. The predicted molar refractivity (Wildman–Crippen MR) is 63.0 cm³/mol. The molecule has 0 unspecified atom stereocenters. The lowest BCUT2D eigenvalue weighted by Crippen LogP contribution is -2.21. The Hall–Kier alpha value is -2.02. The number of hydrogen-bond acceptors (Lipinski definition) is 3. The molecule has 0 aromatic heterocycles. The van der Waals surface area contributed by atoms with Crippen LogP contribution in [-0.2, 0) is 9.53 Å². The standard InChI is InChI=1S/C12H13F2NO4/c1-6(2)19-5-11(16)15-10-3-7(12(17)18)8(13)4-9(10)14/h3-4,6H,5H2,1-2H3,(H,15,16)(H,17,18). The quantitative estimate of drug-likeness (QED) is 0.860. The zero-order valence-corrected chi connectivity index (χ0v) is 10.4. The molecule has 1 rings (SSSR count). The molecule has 0 atom stereocenters. The summed E-state index contributed by atoms with van der Waals surface area (Å²) in [7, 11) is 0. The van der Waals surface area contributed by atoms with Crippen molar-refractivity contribution < 1.29 is 28.2 Å². The van der Waals surface area contributed by atoms with Gasteiger partial charge in [0.05, 0.1) is 17.4 Å². The molecule has 1 aromatic rings. The lowest BCUT2D eigenvalue weighted by atomic mass is 10.2. The second kappa shape index (κ2) is 6.24. The summed E-state index contributed by atoms with van der Waals surface area (Å²) in [5, 5.41) is 10.8. The van der Waals surface area contributed by atoms with E-state index in [-0.39, 0.29) is 12.7 Å². The van der Waals surface area contributed by atoms with Crippen molar-refractivity contribution >= 4 is 17.6 Å². The van der Waals surface area contributed by atoms with Gasteiger partial charge in [-0.25, -0.2) is 13.6 Å². The van der Waals surface area contributed by atoms with Crippen molar-refractivity contribution in [1.29, 1.82) is 0 Å². The van der Waals surface area contributed by atoms with E-state index in [0.717, 1.165) is 6.07 Å². The monoisotopic (exact) mass is 273 g/mol. The van der Waals surface area contributed by atoms with Gasteiger partial charge in [-0.05, 0) is 19.9 Å². The Morgan fingerprint density at radius 2 is 1.95 bits per heavy atom. The average Bonchev–Trinajstić information content (AvgIpc) is 2.29. The lowest BCUT2D eigenvalue weighted by molar-refractivity contribution is -0.121. The normalized spacial score (nSPS) is 10.6. The molecular formula is C12H13F2NO4. The molecule has 0 fully saturated rings. The summed E-state index contributed by atoms with van der Waals surface area (Å²) in [6.07, 6.45) is -0.182. The van der Waals surface area contributed by atoms with Gasteiger partial charge in [-0.15, -0.1) is 0 Å². The van der Waals surface area contributed by atoms with Gasteiger partial charge >= 0.3 is 5.97 Å². The Kier molecular flexibility index (Phi) is 4.94. The van der Waals surface area contributed by atoms with Crippen molar-refractivity contribution in [2.75, 3.05) is 11.9 Å². The van der Waals surface area contributed by atoms with Crippen LogP contribution in [0.25, 0.3) is 0 Å². The van der Waals surface area contributed by atoms with Crippen LogP contribution in [0.3, 0.4) is 0 Å². The number of benzene rings is 1. The fraction of sp³-hybridized carbons (Fsp3) is 0.333. The summed E-state index contributed by atoms with van der Waals surface area (Å²) in [6.45, 7) is 3.12. The third-order valence-corrected chi connectivity index (χ3v) is 2.11. The van der Waals surface area contributed by atoms with E-state index < -0.39 is 34.8 Å². The number of rotatable bonds is 5. The number of nitrogens with one attached hydrogen (secondary N) is 1. The number of carbonyl (C=O) groups excluding carboxylic acids is 1. The summed E-state index contributed by atoms with van der Waals surface area (Å²) in [5.74, 6) is -4.47. The maximum absolute atomic E-state index is 13.4. The molecule has 0 aliphatic carbocycles. The van der Waals surface area contributed by atoms with Gasteiger partial charge in [0.2, 0.25) is 5.91 Å². The summed E-state index contributed by atoms with van der Waals surface area (Å²) < 4.78 is 31.5. The van der Waals surface area contributed by atoms with Crippen LogP contribution < -0.4 is 5.32 Å². The molecule has 19 heavy (non-hydrogen) atoms. The summed E-state index contributed by atoms with van der Waals surface area (Å²) in [4.78, 5) is 22.1. The number of halogens is 2. The number of ether oxygens (including phenoxy) is 1. The molecule has 0 spiro atoms. The van der Waals surface area contributed by atoms with Crippen LogP contribution in [0.5, 0.6) is 0 Å². The van der Waals surface area contributed by atoms with Gasteiger partial charge in [-0.1, -0.05) is 0 Å². The van der Waals surface area contributed by atoms with Crippen LogP contribution >= 0.6 is 0 Å². The van der Waals surface area contributed by atoms with Gasteiger partial charge in [-0.3, -0.25) is 4.79 Å². The molecule has 0 saturated carbocycles. The van der Waals surface area contributed by atoms with E-state index >= 15 is 0 Å². The van der Waals surface area contributed by atoms with Gasteiger partial charge in [0.25, 0.3) is 0 Å². The van der Waals surface area contributed by atoms with E-state index in [2.05, 4.69) is 5.32 Å². The zero-order valence-electron chi connectivity index (χ0n) is 10.4. The zero-order chi connectivity index (χ0) is 14.6. The van der Waals surface area contributed by atoms with E-state index in [9.17, 15) is 18.4 Å². The molecule has 0 bridgehead atoms. The van der Waals surface area contributed by atoms with Crippen molar-refractivity contribution in [3.05, 3.63) is 29.3 Å². The van der Waals surface area contributed by atoms with Crippen LogP contribution in [0, 0.1) is 11.6 Å². The molecule has 0 aliphatic heterocycles. The molecule has 5 nitrogen and oxygen atoms in total. The molecule has 0 aliphatic rings. The highest BCUT2D eigenvalue weighted by Crippen LogP contribution is 2.19. The van der Waals surface area contributed by atoms with Crippen molar-refractivity contribution in [2.45, 2.75) is 20.0 Å². The second-order valence-electron chi connectivity index (χ2n) is 4.02. The maximum atomic E-state index is 13.4. The smallest absolute Gasteiger partial charge is 0.338 e. The van der Waals surface area contributed by atoms with Crippen LogP contribution in [0.1, 0.15) is 24.2 Å². The van der Waals surface area contributed by atoms with Crippen molar-refractivity contribution in [2.24, 2.45) is 0 Å². The first-order valence-corrected chi connectivity index (χ1v) is 5.45. The van der Waals surface area contributed by atoms with Crippen LogP contribution in [-0.4, -0.2) is 29.7 Å². The fourth-order valence-corrected chi connectivity index (χ4v) is 1.24. The topological polar surface area (TPSA) is 75.6 Å². The number of anilines is 1. The number of hydrogen-bond donors (Lipinski definition) is 2. The molecule has 7 heteroatoms. The van der Waals surface area contributed by atoms with E-state index in [1.807, 2.05) is 0 Å². The number of carboxylic acid groups (broad SMARTS) is 1. The third kappa shape index (κ3) is 4.29. The molecule has 2 N–H and O–H groups in total. The Labute approximate surface area is 108 Å². The lowest BCUT2D eigenvalue weighted by Gasteiger charge is -2.10. The predicted octanol–water partition coefficient (Wildman–Crippen LogP) is 2.03. The second-order valence-corrected chi connectivity index (χ2v) is 4.02. The molecule has 1 aromatic carbocycles. The third-order valence-electron chi connectivity index (χ3n) is 2.11. The van der Waals surface area contributed by atoms with Gasteiger partial charge < -0.3 is 15.2 Å². The average molecular weight is 273 g/mol. The Bertz CT molecular complexity index is 503. The number of carbonyl (C=O) groups is 2. The highest BCUT2D eigenvalue weighted by Gasteiger charge is 2.16. The number of carboxylic acids is 1. The first-order chi connectivity index (χ1) is 8.81. The van der Waals surface area contributed by atoms with E-state index in [1.54, 1.807) is 13.8 Å². The number of amides is 1. The summed E-state index contributed by atoms with van der Waals surface area (Å²) in [5.41, 5.74) is -1.13. The minimum atomic E-state index is -1.55. The van der Waals surface area contributed by atoms with Crippen molar-refractivity contribution in [3.8, 4) is 0 Å². The summed E-state index contributed by atoms with van der Waals surface area (Å²) in [6, 6.07) is 1.13. The minimum absolute atomic E-state index is 0.182. The Morgan fingerprint density at radius 1 is 1.32 bits per heavy atom. The highest BCUT2D eigenvalue weighted by atomic mass is 19.1. The van der Waals surface area contributed by atoms with Gasteiger partial charge in [0, 0.05) is 6.07 Å². The van der Waals surface area contributed by atoms with Crippen LogP contribution in [0.2, 0.25) is 0 Å². The van der Waals surface area contributed by atoms with Crippen LogP contribution in [0.15, 0.2) is 12.1 Å².